The Hall–Kier alpha value is -2.44. The molecule has 0 saturated carbocycles. The van der Waals surface area contributed by atoms with Gasteiger partial charge in [-0.05, 0) is 69.2 Å². The highest BCUT2D eigenvalue weighted by molar-refractivity contribution is 5.75. The van der Waals surface area contributed by atoms with Gasteiger partial charge >= 0.3 is 5.97 Å². The first-order valence-electron chi connectivity index (χ1n) is 11.6. The van der Waals surface area contributed by atoms with E-state index in [1.165, 1.54) is 17.7 Å². The van der Waals surface area contributed by atoms with Gasteiger partial charge in [0.2, 0.25) is 0 Å². The van der Waals surface area contributed by atoms with Crippen LogP contribution in [0.15, 0.2) is 36.4 Å². The highest BCUT2D eigenvalue weighted by Gasteiger charge is 2.33. The van der Waals surface area contributed by atoms with Gasteiger partial charge in [0.05, 0.1) is 0 Å². The number of nitrogens with zero attached hydrogens (tertiary/aromatic N) is 2. The number of unbranched alkanes of at least 4 members (excludes halogenated alkanes) is 1. The number of pyridine rings is 1. The van der Waals surface area contributed by atoms with Gasteiger partial charge in [0, 0.05) is 31.4 Å². The normalized spacial score (nSPS) is 19.6. The maximum atomic E-state index is 12.0. The number of carbonyl (C=O) groups is 1. The molecule has 2 aliphatic heterocycles. The molecule has 0 amide bonds. The summed E-state index contributed by atoms with van der Waals surface area (Å²) in [6.45, 7) is 5.59. The van der Waals surface area contributed by atoms with E-state index < -0.39 is 12.0 Å². The van der Waals surface area contributed by atoms with Crippen LogP contribution in [0.1, 0.15) is 54.1 Å². The smallest absolute Gasteiger partial charge is 0.325 e. The number of carboxylic acids is 1. The van der Waals surface area contributed by atoms with Crippen LogP contribution in [0, 0.1) is 6.92 Å². The minimum Gasteiger partial charge on any atom is -0.480 e. The Balaban J connectivity index is 1.20. The van der Waals surface area contributed by atoms with Crippen molar-refractivity contribution in [3.63, 3.8) is 0 Å². The van der Waals surface area contributed by atoms with Gasteiger partial charge in [0.15, 0.2) is 0 Å². The fourth-order valence-corrected chi connectivity index (χ4v) is 4.78. The summed E-state index contributed by atoms with van der Waals surface area (Å²) >= 11 is 0. The summed E-state index contributed by atoms with van der Waals surface area (Å²) in [5.41, 5.74) is 4.48. The Morgan fingerprint density at radius 3 is 3.06 bits per heavy atom. The zero-order valence-corrected chi connectivity index (χ0v) is 18.4. The predicted octanol–water partition coefficient (Wildman–Crippen LogP) is 3.56. The largest absolute Gasteiger partial charge is 0.480 e. The Bertz CT molecular complexity index is 901. The molecule has 0 radical (unpaired) electrons. The number of aromatic nitrogens is 1. The number of nitrogens with one attached hydrogen (secondary N) is 2. The lowest BCUT2D eigenvalue weighted by molar-refractivity contribution is -0.143. The molecule has 31 heavy (non-hydrogen) atoms. The highest BCUT2D eigenvalue weighted by atomic mass is 16.4. The summed E-state index contributed by atoms with van der Waals surface area (Å²) in [5.74, 6) is 0.313. The Morgan fingerprint density at radius 1 is 1.32 bits per heavy atom. The molecule has 0 spiro atoms. The number of fused-ring (bicyclic) bond motifs is 1. The van der Waals surface area contributed by atoms with E-state index in [2.05, 4.69) is 27.7 Å². The highest BCUT2D eigenvalue weighted by Crippen LogP contribution is 2.26. The monoisotopic (exact) mass is 422 g/mol. The van der Waals surface area contributed by atoms with Crippen molar-refractivity contribution in [2.45, 2.75) is 57.5 Å². The van der Waals surface area contributed by atoms with Gasteiger partial charge < -0.3 is 15.7 Å². The molecule has 2 aromatic rings. The molecule has 1 unspecified atom stereocenters. The maximum absolute atomic E-state index is 12.0. The lowest BCUT2D eigenvalue weighted by Gasteiger charge is -2.25. The van der Waals surface area contributed by atoms with Crippen molar-refractivity contribution in [3.05, 3.63) is 58.8 Å². The first-order chi connectivity index (χ1) is 15.1. The fraction of sp³-hybridized carbons (Fsp3) is 0.520. The molecule has 1 saturated heterocycles. The van der Waals surface area contributed by atoms with Gasteiger partial charge in [-0.15, -0.1) is 0 Å². The molecule has 1 fully saturated rings. The third-order valence-electron chi connectivity index (χ3n) is 6.42. The van der Waals surface area contributed by atoms with Crippen LogP contribution < -0.4 is 10.6 Å². The van der Waals surface area contributed by atoms with Crippen molar-refractivity contribution in [3.8, 4) is 0 Å². The lowest BCUT2D eigenvalue weighted by atomic mass is 10.0. The SMILES string of the molecule is Cc1cccc(C(C(=O)O)N2CC[C@@H](NCCCCc3ccc4c(n3)NCCC4)C2)c1. The van der Waals surface area contributed by atoms with Gasteiger partial charge in [-0.2, -0.15) is 0 Å². The third-order valence-corrected chi connectivity index (χ3v) is 6.42. The minimum absolute atomic E-state index is 0.359. The fourth-order valence-electron chi connectivity index (χ4n) is 4.78. The first kappa shape index (κ1) is 21.8. The average molecular weight is 423 g/mol. The van der Waals surface area contributed by atoms with Gasteiger partial charge in [-0.1, -0.05) is 35.9 Å². The predicted molar refractivity (Wildman–Crippen MR) is 124 cm³/mol. The second-order valence-electron chi connectivity index (χ2n) is 8.89. The van der Waals surface area contributed by atoms with Gasteiger partial charge in [-0.3, -0.25) is 9.69 Å². The van der Waals surface area contributed by atoms with E-state index in [-0.39, 0.29) is 0 Å². The summed E-state index contributed by atoms with van der Waals surface area (Å²) in [6.07, 6.45) is 6.52. The van der Waals surface area contributed by atoms with E-state index in [4.69, 9.17) is 4.98 Å². The van der Waals surface area contributed by atoms with Crippen LogP contribution >= 0.6 is 0 Å². The Morgan fingerprint density at radius 2 is 2.23 bits per heavy atom. The van der Waals surface area contributed by atoms with Crippen molar-refractivity contribution in [2.24, 2.45) is 0 Å². The zero-order valence-electron chi connectivity index (χ0n) is 18.4. The van der Waals surface area contributed by atoms with E-state index in [9.17, 15) is 9.90 Å². The van der Waals surface area contributed by atoms with Crippen LogP contribution in [0.25, 0.3) is 0 Å². The molecule has 0 bridgehead atoms. The number of aliphatic carboxylic acids is 1. The van der Waals surface area contributed by atoms with Crippen molar-refractivity contribution in [1.82, 2.24) is 15.2 Å². The summed E-state index contributed by atoms with van der Waals surface area (Å²) in [4.78, 5) is 18.8. The molecule has 0 aliphatic carbocycles. The van der Waals surface area contributed by atoms with E-state index >= 15 is 0 Å². The zero-order chi connectivity index (χ0) is 21.6. The standard InChI is InChI=1S/C25H34N4O2/c1-18-6-4-7-20(16-18)23(25(30)31)29-15-12-22(17-29)26-13-3-2-9-21-11-10-19-8-5-14-27-24(19)28-21/h4,6-7,10-11,16,22-23,26H,2-3,5,8-9,12-15,17H2,1H3,(H,27,28)(H,30,31)/t22-,23?/m1/s1. The molecule has 1 aromatic heterocycles. The topological polar surface area (TPSA) is 77.5 Å². The number of carboxylic acid groups (broad SMARTS) is 1. The van der Waals surface area contributed by atoms with Crippen molar-refractivity contribution < 1.29 is 9.90 Å². The molecule has 3 heterocycles. The molecule has 4 rings (SSSR count). The summed E-state index contributed by atoms with van der Waals surface area (Å²) < 4.78 is 0. The molecular formula is C25H34N4O2. The molecule has 1 aromatic carbocycles. The van der Waals surface area contributed by atoms with E-state index in [0.717, 1.165) is 75.2 Å². The van der Waals surface area contributed by atoms with E-state index in [1.54, 1.807) is 0 Å². The van der Waals surface area contributed by atoms with Crippen LogP contribution in [-0.2, 0) is 17.6 Å². The molecule has 2 atom stereocenters. The molecule has 6 nitrogen and oxygen atoms in total. The third kappa shape index (κ3) is 5.63. The van der Waals surface area contributed by atoms with Crippen molar-refractivity contribution >= 4 is 11.8 Å². The second kappa shape index (κ2) is 10.2. The van der Waals surface area contributed by atoms with Crippen molar-refractivity contribution in [2.75, 3.05) is 31.5 Å². The second-order valence-corrected chi connectivity index (χ2v) is 8.89. The number of likely N-dealkylation sites (tertiary alicyclic amines) is 1. The van der Waals surface area contributed by atoms with Crippen LogP contribution in [0.4, 0.5) is 5.82 Å². The molecule has 6 heteroatoms. The quantitative estimate of drug-likeness (QED) is 0.537. The number of aryl methyl sites for hydroxylation is 3. The number of rotatable bonds is 9. The van der Waals surface area contributed by atoms with Gasteiger partial charge in [-0.25, -0.2) is 4.98 Å². The van der Waals surface area contributed by atoms with Crippen molar-refractivity contribution in [1.29, 1.82) is 0 Å². The van der Waals surface area contributed by atoms with E-state index in [0.29, 0.717) is 6.04 Å². The Kier molecular flexibility index (Phi) is 7.20. The first-order valence-corrected chi connectivity index (χ1v) is 11.6. The van der Waals surface area contributed by atoms with Crippen LogP contribution in [0.3, 0.4) is 0 Å². The summed E-state index contributed by atoms with van der Waals surface area (Å²) in [5, 5.41) is 16.9. The average Bonchev–Trinajstić information content (AvgIpc) is 3.21. The number of hydrogen-bond acceptors (Lipinski definition) is 5. The van der Waals surface area contributed by atoms with E-state index in [1.807, 2.05) is 31.2 Å². The van der Waals surface area contributed by atoms with Crippen LogP contribution in [0.2, 0.25) is 0 Å². The van der Waals surface area contributed by atoms with Crippen LogP contribution in [0.5, 0.6) is 0 Å². The van der Waals surface area contributed by atoms with Gasteiger partial charge in [0.1, 0.15) is 11.9 Å². The number of benzene rings is 1. The summed E-state index contributed by atoms with van der Waals surface area (Å²) in [7, 11) is 0. The van der Waals surface area contributed by atoms with Crippen LogP contribution in [-0.4, -0.2) is 53.2 Å². The maximum Gasteiger partial charge on any atom is 0.325 e. The molecular weight excluding hydrogens is 388 g/mol. The summed E-state index contributed by atoms with van der Waals surface area (Å²) in [6, 6.07) is 12.1. The molecule has 2 aliphatic rings. The molecule has 166 valence electrons. The number of anilines is 1. The molecule has 3 N–H and O–H groups in total. The van der Waals surface area contributed by atoms with Gasteiger partial charge in [0.25, 0.3) is 0 Å². The Labute approximate surface area is 185 Å². The minimum atomic E-state index is -0.765. The lowest BCUT2D eigenvalue weighted by Crippen LogP contribution is -2.37. The number of hydrogen-bond donors (Lipinski definition) is 3.